The largest absolute Gasteiger partial charge is 0.319 e. The van der Waals surface area contributed by atoms with Crippen LogP contribution in [0.5, 0.6) is 0 Å². The predicted molar refractivity (Wildman–Crippen MR) is 85.5 cm³/mol. The van der Waals surface area contributed by atoms with Gasteiger partial charge in [0.1, 0.15) is 5.82 Å². The summed E-state index contributed by atoms with van der Waals surface area (Å²) in [5.74, 6) is -1.03. The van der Waals surface area contributed by atoms with Crippen LogP contribution >= 0.6 is 11.6 Å². The van der Waals surface area contributed by atoms with Crippen LogP contribution in [0.15, 0.2) is 48.9 Å². The Kier molecular flexibility index (Phi) is 4.08. The van der Waals surface area contributed by atoms with Gasteiger partial charge in [0.05, 0.1) is 28.8 Å². The van der Waals surface area contributed by atoms with Crippen molar-refractivity contribution in [2.45, 2.75) is 6.92 Å². The van der Waals surface area contributed by atoms with Crippen molar-refractivity contribution in [1.82, 2.24) is 14.8 Å². The molecule has 0 aliphatic heterocycles. The summed E-state index contributed by atoms with van der Waals surface area (Å²) in [6.45, 7) is 1.76. The number of amides is 1. The van der Waals surface area contributed by atoms with Gasteiger partial charge in [-0.25, -0.2) is 9.07 Å². The highest BCUT2D eigenvalue weighted by Gasteiger charge is 2.16. The van der Waals surface area contributed by atoms with Crippen molar-refractivity contribution in [3.8, 4) is 5.69 Å². The lowest BCUT2D eigenvalue weighted by Gasteiger charge is -2.07. The van der Waals surface area contributed by atoms with Crippen molar-refractivity contribution in [3.63, 3.8) is 0 Å². The van der Waals surface area contributed by atoms with E-state index < -0.39 is 11.7 Å². The lowest BCUT2D eigenvalue weighted by atomic mass is 10.2. The minimum atomic E-state index is -0.593. The third-order valence-corrected chi connectivity index (χ3v) is 3.58. The Labute approximate surface area is 136 Å². The first kappa shape index (κ1) is 15.2. The molecule has 0 bridgehead atoms. The fourth-order valence-electron chi connectivity index (χ4n) is 2.16. The topological polar surface area (TPSA) is 59.8 Å². The Morgan fingerprint density at radius 2 is 2.00 bits per heavy atom. The van der Waals surface area contributed by atoms with Gasteiger partial charge >= 0.3 is 0 Å². The van der Waals surface area contributed by atoms with Crippen LogP contribution in [-0.4, -0.2) is 20.7 Å². The van der Waals surface area contributed by atoms with Gasteiger partial charge in [-0.05, 0) is 37.3 Å². The second-order valence-corrected chi connectivity index (χ2v) is 5.28. The number of carbonyl (C=O) groups excluding carboxylic acids is 1. The molecule has 0 spiro atoms. The molecule has 0 aliphatic carbocycles. The number of carbonyl (C=O) groups is 1. The first-order valence-electron chi connectivity index (χ1n) is 6.77. The van der Waals surface area contributed by atoms with Gasteiger partial charge < -0.3 is 5.32 Å². The van der Waals surface area contributed by atoms with Crippen LogP contribution in [0.1, 0.15) is 16.1 Å². The Bertz CT molecular complexity index is 864. The monoisotopic (exact) mass is 330 g/mol. The maximum absolute atomic E-state index is 13.8. The lowest BCUT2D eigenvalue weighted by molar-refractivity contribution is 0.102. The third-order valence-electron chi connectivity index (χ3n) is 3.34. The van der Waals surface area contributed by atoms with E-state index in [1.807, 2.05) is 0 Å². The number of anilines is 1. The number of hydrogen-bond donors (Lipinski definition) is 1. The van der Waals surface area contributed by atoms with E-state index in [1.54, 1.807) is 36.1 Å². The van der Waals surface area contributed by atoms with Crippen molar-refractivity contribution in [1.29, 1.82) is 0 Å². The molecular weight excluding hydrogens is 319 g/mol. The minimum Gasteiger partial charge on any atom is -0.319 e. The molecule has 2 aromatic heterocycles. The number of hydrogen-bond acceptors (Lipinski definition) is 3. The highest BCUT2D eigenvalue weighted by molar-refractivity contribution is 6.30. The zero-order valence-corrected chi connectivity index (χ0v) is 12.9. The smallest absolute Gasteiger partial charge is 0.259 e. The number of nitrogens with zero attached hydrogens (tertiary/aromatic N) is 3. The first-order chi connectivity index (χ1) is 11.1. The molecule has 3 rings (SSSR count). The Hall–Kier alpha value is -2.73. The van der Waals surface area contributed by atoms with E-state index in [1.165, 1.54) is 18.3 Å². The van der Waals surface area contributed by atoms with E-state index in [-0.39, 0.29) is 10.7 Å². The molecule has 1 N–H and O–H groups in total. The minimum absolute atomic E-state index is 0.0652. The van der Waals surface area contributed by atoms with E-state index in [2.05, 4.69) is 15.4 Å². The van der Waals surface area contributed by atoms with Crippen LogP contribution in [0.25, 0.3) is 5.69 Å². The summed E-state index contributed by atoms with van der Waals surface area (Å²) in [7, 11) is 0. The first-order valence-corrected chi connectivity index (χ1v) is 7.15. The summed E-state index contributed by atoms with van der Waals surface area (Å²) in [5.41, 5.74) is 1.85. The highest BCUT2D eigenvalue weighted by Crippen LogP contribution is 2.20. The van der Waals surface area contributed by atoms with Crippen LogP contribution in [0.3, 0.4) is 0 Å². The average molecular weight is 331 g/mol. The molecule has 1 amide bonds. The van der Waals surface area contributed by atoms with Gasteiger partial charge in [0, 0.05) is 17.4 Å². The molecule has 23 heavy (non-hydrogen) atoms. The number of pyridine rings is 1. The zero-order valence-electron chi connectivity index (χ0n) is 12.1. The molecule has 7 heteroatoms. The molecular formula is C16H12ClFN4O. The quantitative estimate of drug-likeness (QED) is 0.798. The molecule has 1 aromatic carbocycles. The number of rotatable bonds is 3. The second kappa shape index (κ2) is 6.18. The molecule has 0 atom stereocenters. The zero-order chi connectivity index (χ0) is 16.4. The maximum atomic E-state index is 13.8. The summed E-state index contributed by atoms with van der Waals surface area (Å²) in [6, 6.07) is 7.62. The Morgan fingerprint density at radius 1 is 1.26 bits per heavy atom. The van der Waals surface area contributed by atoms with E-state index >= 15 is 0 Å². The van der Waals surface area contributed by atoms with Gasteiger partial charge in [-0.2, -0.15) is 5.10 Å². The van der Waals surface area contributed by atoms with Crippen LogP contribution in [0.4, 0.5) is 10.1 Å². The molecule has 0 aliphatic rings. The highest BCUT2D eigenvalue weighted by atomic mass is 35.5. The van der Waals surface area contributed by atoms with Crippen molar-refractivity contribution < 1.29 is 9.18 Å². The molecule has 0 saturated heterocycles. The number of halogens is 2. The Morgan fingerprint density at radius 3 is 2.70 bits per heavy atom. The third kappa shape index (κ3) is 3.07. The van der Waals surface area contributed by atoms with Crippen LogP contribution in [0, 0.1) is 12.7 Å². The Balaban J connectivity index is 1.88. The van der Waals surface area contributed by atoms with Crippen molar-refractivity contribution in [2.75, 3.05) is 5.32 Å². The fraction of sp³-hybridized carbons (Fsp3) is 0.0625. The maximum Gasteiger partial charge on any atom is 0.259 e. The van der Waals surface area contributed by atoms with Gasteiger partial charge in [0.2, 0.25) is 0 Å². The molecule has 2 heterocycles. The van der Waals surface area contributed by atoms with Crippen molar-refractivity contribution in [2.24, 2.45) is 0 Å². The molecule has 5 nitrogen and oxygen atoms in total. The van der Waals surface area contributed by atoms with Gasteiger partial charge in [-0.3, -0.25) is 9.78 Å². The van der Waals surface area contributed by atoms with E-state index in [0.717, 1.165) is 11.8 Å². The summed E-state index contributed by atoms with van der Waals surface area (Å²) >= 11 is 5.70. The van der Waals surface area contributed by atoms with Crippen LogP contribution < -0.4 is 5.32 Å². The molecule has 3 aromatic rings. The van der Waals surface area contributed by atoms with E-state index in [0.29, 0.717) is 11.3 Å². The van der Waals surface area contributed by atoms with Gasteiger partial charge in [-0.15, -0.1) is 0 Å². The average Bonchev–Trinajstić information content (AvgIpc) is 2.92. The van der Waals surface area contributed by atoms with Crippen molar-refractivity contribution >= 4 is 23.2 Å². The van der Waals surface area contributed by atoms with Crippen LogP contribution in [0.2, 0.25) is 5.02 Å². The van der Waals surface area contributed by atoms with Gasteiger partial charge in [0.25, 0.3) is 5.91 Å². The predicted octanol–water partition coefficient (Wildman–Crippen LogP) is 3.62. The normalized spacial score (nSPS) is 10.6. The summed E-state index contributed by atoms with van der Waals surface area (Å²) < 4.78 is 15.4. The summed E-state index contributed by atoms with van der Waals surface area (Å²) in [5, 5.41) is 6.99. The fourth-order valence-corrected chi connectivity index (χ4v) is 2.32. The SMILES string of the molecule is Cc1c(C(=O)Nc2ccc(Cl)cc2F)cnn1-c1ccncc1. The molecule has 0 fully saturated rings. The van der Waals surface area contributed by atoms with E-state index in [4.69, 9.17) is 11.6 Å². The molecule has 116 valence electrons. The number of aromatic nitrogens is 3. The van der Waals surface area contributed by atoms with Gasteiger partial charge in [0.15, 0.2) is 0 Å². The summed E-state index contributed by atoms with van der Waals surface area (Å²) in [6.07, 6.45) is 4.72. The van der Waals surface area contributed by atoms with Gasteiger partial charge in [-0.1, -0.05) is 11.6 Å². The second-order valence-electron chi connectivity index (χ2n) is 4.84. The van der Waals surface area contributed by atoms with Crippen molar-refractivity contribution in [3.05, 3.63) is 71.0 Å². The molecule has 0 radical (unpaired) electrons. The molecule has 0 unspecified atom stereocenters. The lowest BCUT2D eigenvalue weighted by Crippen LogP contribution is -2.14. The molecule has 0 saturated carbocycles. The van der Waals surface area contributed by atoms with E-state index in [9.17, 15) is 9.18 Å². The number of nitrogens with one attached hydrogen (secondary N) is 1. The standard InChI is InChI=1S/C16H12ClFN4O/c1-10-13(9-20-22(10)12-4-6-19-7-5-12)16(23)21-15-3-2-11(17)8-14(15)18/h2-9H,1H3,(H,21,23). The van der Waals surface area contributed by atoms with Crippen LogP contribution in [-0.2, 0) is 0 Å². The summed E-state index contributed by atoms with van der Waals surface area (Å²) in [4.78, 5) is 16.3. The number of benzene rings is 1.